The van der Waals surface area contributed by atoms with Crippen molar-refractivity contribution in [2.75, 3.05) is 0 Å². The molecule has 4 heteroatoms. The lowest BCUT2D eigenvalue weighted by Crippen LogP contribution is -2.53. The Kier molecular flexibility index (Phi) is 11.9. The highest BCUT2D eigenvalue weighted by Crippen LogP contribution is 2.69. The molecule has 6 aliphatic rings. The van der Waals surface area contributed by atoms with Gasteiger partial charge in [0.25, 0.3) is 0 Å². The second-order valence-electron chi connectivity index (χ2n) is 27.1. The molecule has 10 aromatic rings. The van der Waals surface area contributed by atoms with Crippen LogP contribution in [-0.4, -0.2) is 19.5 Å². The van der Waals surface area contributed by atoms with E-state index in [1.54, 1.807) is 0 Å². The van der Waals surface area contributed by atoms with Gasteiger partial charge in [0.05, 0.1) is 16.4 Å². The van der Waals surface area contributed by atoms with Crippen LogP contribution in [0.25, 0.3) is 83.9 Å². The van der Waals surface area contributed by atoms with Gasteiger partial charge in [-0.3, -0.25) is 4.57 Å². The molecular weight excluding hydrogens is 993 g/mol. The Hall–Kier alpha value is -7.43. The first-order chi connectivity index (χ1) is 40.2. The van der Waals surface area contributed by atoms with Crippen molar-refractivity contribution < 1.29 is 0 Å². The molecule has 0 N–H and O–H groups in total. The molecule has 8 unspecified atom stereocenters. The van der Waals surface area contributed by atoms with Gasteiger partial charge in [0.1, 0.15) is 0 Å². The normalized spacial score (nSPS) is 25.4. The SMILES string of the molecule is CC(C)CCCCC1CCC2C3CCC4CC(c5ccc(-c6ccc7c(c6)c6ccc8c(c6n7-c6nc(-c7ccccc7)nc(-c7ccccc7)n6)-c6ccccc6C86c7ccccc7-c7ccccc76)cc5)CCC4(C)C3CCC12C. The van der Waals surface area contributed by atoms with Crippen molar-refractivity contribution in [3.05, 3.63) is 216 Å². The molecule has 16 rings (SSSR count). The van der Waals surface area contributed by atoms with Crippen molar-refractivity contribution in [1.29, 1.82) is 0 Å². The number of fused-ring (bicyclic) bond motifs is 19. The minimum atomic E-state index is -0.495. The van der Waals surface area contributed by atoms with Crippen LogP contribution in [0, 0.1) is 46.3 Å². The Morgan fingerprint density at radius 2 is 1.11 bits per heavy atom. The van der Waals surface area contributed by atoms with Gasteiger partial charge in [0.2, 0.25) is 5.95 Å². The molecular formula is C78H76N4. The van der Waals surface area contributed by atoms with Crippen LogP contribution in [0.4, 0.5) is 0 Å². The Bertz CT molecular complexity index is 3990. The number of unbranched alkanes of at least 4 members (excludes halogenated alkanes) is 1. The molecule has 0 bridgehead atoms. The fourth-order valence-electron chi connectivity index (χ4n) is 19.0. The Balaban J connectivity index is 0.777. The number of nitrogens with zero attached hydrogens (tertiary/aromatic N) is 4. The van der Waals surface area contributed by atoms with Crippen LogP contribution in [-0.2, 0) is 5.41 Å². The van der Waals surface area contributed by atoms with E-state index in [2.05, 4.69) is 220 Å². The molecule has 8 atom stereocenters. The van der Waals surface area contributed by atoms with Crippen LogP contribution < -0.4 is 0 Å². The second-order valence-corrected chi connectivity index (χ2v) is 27.1. The van der Waals surface area contributed by atoms with Crippen molar-refractivity contribution >= 4 is 21.8 Å². The third-order valence-electron chi connectivity index (χ3n) is 22.9. The van der Waals surface area contributed by atoms with Gasteiger partial charge in [0.15, 0.2) is 11.6 Å². The highest BCUT2D eigenvalue weighted by Gasteiger charge is 2.60. The van der Waals surface area contributed by atoms with E-state index in [0.717, 1.165) is 57.7 Å². The van der Waals surface area contributed by atoms with Gasteiger partial charge in [-0.1, -0.05) is 223 Å². The number of benzene rings is 8. The molecule has 1 spiro atoms. The Labute approximate surface area is 485 Å². The zero-order chi connectivity index (χ0) is 54.9. The topological polar surface area (TPSA) is 43.6 Å². The zero-order valence-electron chi connectivity index (χ0n) is 48.4. The van der Waals surface area contributed by atoms with E-state index in [4.69, 9.17) is 15.0 Å². The molecule has 0 amide bonds. The summed E-state index contributed by atoms with van der Waals surface area (Å²) in [7, 11) is 0. The average molecular weight is 1070 g/mol. The summed E-state index contributed by atoms with van der Waals surface area (Å²) in [5, 5.41) is 2.38. The summed E-state index contributed by atoms with van der Waals surface area (Å²) in [6.07, 6.45) is 18.7. The highest BCUT2D eigenvalue weighted by molar-refractivity contribution is 6.17. The maximum Gasteiger partial charge on any atom is 0.238 e. The monoisotopic (exact) mass is 1070 g/mol. The molecule has 408 valence electrons. The summed E-state index contributed by atoms with van der Waals surface area (Å²) in [5.74, 6) is 8.01. The van der Waals surface area contributed by atoms with E-state index in [0.29, 0.717) is 34.3 Å². The van der Waals surface area contributed by atoms with E-state index in [9.17, 15) is 0 Å². The molecule has 0 saturated heterocycles. The summed E-state index contributed by atoms with van der Waals surface area (Å²) in [4.78, 5) is 16.1. The summed E-state index contributed by atoms with van der Waals surface area (Å²) in [6.45, 7) is 10.3. The summed E-state index contributed by atoms with van der Waals surface area (Å²) in [6, 6.07) is 70.0. The van der Waals surface area contributed by atoms with Gasteiger partial charge in [-0.25, -0.2) is 4.98 Å². The van der Waals surface area contributed by atoms with Gasteiger partial charge in [0, 0.05) is 27.5 Å². The van der Waals surface area contributed by atoms with E-state index < -0.39 is 5.41 Å². The molecule has 82 heavy (non-hydrogen) atoms. The largest absolute Gasteiger partial charge is 0.277 e. The van der Waals surface area contributed by atoms with E-state index in [-0.39, 0.29) is 0 Å². The first-order valence-electron chi connectivity index (χ1n) is 31.6. The highest BCUT2D eigenvalue weighted by atomic mass is 15.2. The van der Waals surface area contributed by atoms with Crippen LogP contribution >= 0.6 is 0 Å². The average Bonchev–Trinajstić information content (AvgIpc) is 2.07. The summed E-state index contributed by atoms with van der Waals surface area (Å²) < 4.78 is 2.37. The van der Waals surface area contributed by atoms with Gasteiger partial charge >= 0.3 is 0 Å². The lowest BCUT2D eigenvalue weighted by molar-refractivity contribution is -0.114. The van der Waals surface area contributed by atoms with Gasteiger partial charge in [-0.05, 0) is 184 Å². The van der Waals surface area contributed by atoms with E-state index >= 15 is 0 Å². The quantitative estimate of drug-likeness (QED) is 0.128. The van der Waals surface area contributed by atoms with Crippen LogP contribution in [0.1, 0.15) is 145 Å². The Morgan fingerprint density at radius 1 is 0.500 bits per heavy atom. The van der Waals surface area contributed by atoms with Crippen molar-refractivity contribution in [2.24, 2.45) is 46.3 Å². The fraction of sp³-hybridized carbons (Fsp3) is 0.346. The van der Waals surface area contributed by atoms with Crippen molar-refractivity contribution in [3.63, 3.8) is 0 Å². The first kappa shape index (κ1) is 50.3. The second kappa shape index (κ2) is 19.3. The Morgan fingerprint density at radius 3 is 1.79 bits per heavy atom. The molecule has 2 aromatic heterocycles. The molecule has 0 radical (unpaired) electrons. The van der Waals surface area contributed by atoms with Crippen molar-refractivity contribution in [2.45, 2.75) is 122 Å². The molecule has 4 saturated carbocycles. The summed E-state index contributed by atoms with van der Waals surface area (Å²) in [5.41, 5.74) is 19.1. The van der Waals surface area contributed by atoms with Gasteiger partial charge in [-0.2, -0.15) is 9.97 Å². The molecule has 0 aliphatic heterocycles. The van der Waals surface area contributed by atoms with Crippen LogP contribution in [0.15, 0.2) is 188 Å². The number of hydrogen-bond acceptors (Lipinski definition) is 3. The number of hydrogen-bond donors (Lipinski definition) is 0. The first-order valence-corrected chi connectivity index (χ1v) is 31.6. The van der Waals surface area contributed by atoms with Crippen LogP contribution in [0.3, 0.4) is 0 Å². The maximum absolute atomic E-state index is 5.47. The van der Waals surface area contributed by atoms with Gasteiger partial charge in [-0.15, -0.1) is 0 Å². The molecule has 6 aliphatic carbocycles. The van der Waals surface area contributed by atoms with Crippen LogP contribution in [0.5, 0.6) is 0 Å². The van der Waals surface area contributed by atoms with Crippen molar-refractivity contribution in [1.82, 2.24) is 19.5 Å². The maximum atomic E-state index is 5.47. The van der Waals surface area contributed by atoms with Crippen molar-refractivity contribution in [3.8, 4) is 62.1 Å². The predicted octanol–water partition coefficient (Wildman–Crippen LogP) is 20.3. The molecule has 4 fully saturated rings. The minimum absolute atomic E-state index is 0.493. The molecule has 8 aromatic carbocycles. The lowest BCUT2D eigenvalue weighted by atomic mass is 9.44. The third kappa shape index (κ3) is 7.50. The number of rotatable bonds is 10. The zero-order valence-corrected chi connectivity index (χ0v) is 48.4. The lowest BCUT2D eigenvalue weighted by Gasteiger charge is -2.61. The number of aromatic nitrogens is 4. The van der Waals surface area contributed by atoms with E-state index in [1.165, 1.54) is 155 Å². The predicted molar refractivity (Wildman–Crippen MR) is 338 cm³/mol. The smallest absolute Gasteiger partial charge is 0.238 e. The van der Waals surface area contributed by atoms with E-state index in [1.807, 2.05) is 0 Å². The standard InChI is InChI=1S/C78H76N4/c1-49(2)19-11-12-24-56-37-40-64-61-38-36-57-47-55(43-45-77(57,4)65(61)44-46-76(56,64)3)51-33-31-50(32-34-51)54-35-42-70-63(48-54)60-39-41-69-71(62-27-15-18-30-68(62)78(69)66-28-16-13-25-58(66)59-26-14-17-29-67(59)78)72(60)82(70)75-80-73(52-20-7-5-8-21-52)79-74(81-75)53-22-9-6-10-23-53/h5-10,13-18,20-23,25-35,39,41-42,48-49,55-57,61,64-65H,11-12,19,24,36-38,40,43-47H2,1-4H3. The van der Waals surface area contributed by atoms with Crippen LogP contribution in [0.2, 0.25) is 0 Å². The summed E-state index contributed by atoms with van der Waals surface area (Å²) >= 11 is 0. The fourth-order valence-corrected chi connectivity index (χ4v) is 19.0. The third-order valence-corrected chi connectivity index (χ3v) is 22.9. The minimum Gasteiger partial charge on any atom is -0.277 e. The van der Waals surface area contributed by atoms with Gasteiger partial charge < -0.3 is 0 Å². The molecule has 2 heterocycles. The molecule has 4 nitrogen and oxygen atoms in total.